The second-order valence-corrected chi connectivity index (χ2v) is 7.93. The maximum atomic E-state index is 14.9. The van der Waals surface area contributed by atoms with Gasteiger partial charge in [-0.25, -0.2) is 14.4 Å². The molecule has 1 saturated carbocycles. The van der Waals surface area contributed by atoms with Gasteiger partial charge >= 0.3 is 0 Å². The van der Waals surface area contributed by atoms with Gasteiger partial charge in [-0.1, -0.05) is 24.2 Å². The Kier molecular flexibility index (Phi) is 5.54. The van der Waals surface area contributed by atoms with Gasteiger partial charge in [0.15, 0.2) is 11.4 Å². The van der Waals surface area contributed by atoms with Gasteiger partial charge in [0.1, 0.15) is 17.0 Å². The van der Waals surface area contributed by atoms with Crippen LogP contribution in [-0.2, 0) is 0 Å². The summed E-state index contributed by atoms with van der Waals surface area (Å²) in [6.45, 7) is 2.34. The number of azide groups is 1. The van der Waals surface area contributed by atoms with Gasteiger partial charge in [0.25, 0.3) is 0 Å². The number of hydrogen-bond donors (Lipinski definition) is 0. The number of nitrogens with zero attached hydrogens (tertiary/aromatic N) is 5. The van der Waals surface area contributed by atoms with Gasteiger partial charge in [-0.3, -0.25) is 0 Å². The van der Waals surface area contributed by atoms with Gasteiger partial charge in [-0.05, 0) is 48.6 Å². The molecule has 1 aliphatic rings. The third kappa shape index (κ3) is 4.58. The van der Waals surface area contributed by atoms with Gasteiger partial charge in [0.05, 0.1) is 18.2 Å². The lowest BCUT2D eigenvalue weighted by atomic mass is 10.1. The standard InChI is InChI=1S/C24H20FN5O3/c1-14(29-30-26)19-8-9-20-23(22(19)25)33-24(28-20)16-7-10-21(27-12-16)32-18-4-2-3-17(11-18)31-13-15-5-6-15/h2-4,7-12,14-15H,5-6,13H2,1H3. The predicted octanol–water partition coefficient (Wildman–Crippen LogP) is 6.98. The molecule has 0 N–H and O–H groups in total. The Balaban J connectivity index is 1.33. The number of pyridine rings is 1. The molecule has 0 bridgehead atoms. The third-order valence-corrected chi connectivity index (χ3v) is 5.40. The number of benzene rings is 2. The van der Waals surface area contributed by atoms with E-state index in [1.54, 1.807) is 37.4 Å². The highest BCUT2D eigenvalue weighted by molar-refractivity contribution is 5.77. The first-order valence-corrected chi connectivity index (χ1v) is 10.6. The molecular weight excluding hydrogens is 425 g/mol. The number of oxazole rings is 1. The van der Waals surface area contributed by atoms with Gasteiger partial charge in [0, 0.05) is 28.8 Å². The molecule has 4 aromatic rings. The number of halogens is 1. The quantitative estimate of drug-likeness (QED) is 0.165. The summed E-state index contributed by atoms with van der Waals surface area (Å²) in [6, 6.07) is 13.4. The maximum Gasteiger partial charge on any atom is 0.229 e. The van der Waals surface area contributed by atoms with Crippen LogP contribution in [0, 0.1) is 11.7 Å². The number of aromatic nitrogens is 2. The Hall–Kier alpha value is -4.10. The van der Waals surface area contributed by atoms with E-state index < -0.39 is 11.9 Å². The highest BCUT2D eigenvalue weighted by Crippen LogP contribution is 2.33. The number of fused-ring (bicyclic) bond motifs is 1. The normalized spacial score (nSPS) is 14.0. The van der Waals surface area contributed by atoms with E-state index in [-0.39, 0.29) is 17.0 Å². The lowest BCUT2D eigenvalue weighted by Gasteiger charge is -2.08. The Bertz CT molecular complexity index is 1340. The first kappa shape index (κ1) is 20.8. The Morgan fingerprint density at radius 1 is 1.21 bits per heavy atom. The fourth-order valence-corrected chi connectivity index (χ4v) is 3.37. The van der Waals surface area contributed by atoms with Crippen molar-refractivity contribution in [1.29, 1.82) is 0 Å². The van der Waals surface area contributed by atoms with Crippen molar-refractivity contribution in [2.45, 2.75) is 25.8 Å². The van der Waals surface area contributed by atoms with Crippen LogP contribution in [0.4, 0.5) is 4.39 Å². The van der Waals surface area contributed by atoms with E-state index in [1.165, 1.54) is 12.8 Å². The lowest BCUT2D eigenvalue weighted by molar-refractivity contribution is 0.298. The summed E-state index contributed by atoms with van der Waals surface area (Å²) in [5.41, 5.74) is 9.79. The predicted molar refractivity (Wildman–Crippen MR) is 119 cm³/mol. The van der Waals surface area contributed by atoms with Crippen LogP contribution in [0.5, 0.6) is 17.4 Å². The van der Waals surface area contributed by atoms with Crippen LogP contribution >= 0.6 is 0 Å². The van der Waals surface area contributed by atoms with Crippen LogP contribution in [-0.4, -0.2) is 16.6 Å². The molecule has 1 aliphatic carbocycles. The number of hydrogen-bond acceptors (Lipinski definition) is 6. The highest BCUT2D eigenvalue weighted by Gasteiger charge is 2.22. The van der Waals surface area contributed by atoms with Crippen LogP contribution in [0.15, 0.2) is 64.3 Å². The molecule has 2 aromatic carbocycles. The smallest absolute Gasteiger partial charge is 0.229 e. The number of rotatable bonds is 8. The van der Waals surface area contributed by atoms with Crippen molar-refractivity contribution < 1.29 is 18.3 Å². The average Bonchev–Trinajstić information content (AvgIpc) is 3.55. The summed E-state index contributed by atoms with van der Waals surface area (Å²) in [5, 5.41) is 3.54. The molecule has 2 aromatic heterocycles. The van der Waals surface area contributed by atoms with Crippen molar-refractivity contribution in [3.8, 4) is 28.8 Å². The van der Waals surface area contributed by atoms with Crippen molar-refractivity contribution >= 4 is 11.1 Å². The summed E-state index contributed by atoms with van der Waals surface area (Å²) < 4.78 is 32.1. The molecule has 33 heavy (non-hydrogen) atoms. The van der Waals surface area contributed by atoms with Crippen molar-refractivity contribution in [2.24, 2.45) is 11.0 Å². The minimum atomic E-state index is -0.663. The minimum absolute atomic E-state index is 0.00540. The molecule has 2 heterocycles. The fraction of sp³-hybridized carbons (Fsp3) is 0.250. The molecule has 166 valence electrons. The van der Waals surface area contributed by atoms with Crippen LogP contribution < -0.4 is 9.47 Å². The first-order valence-electron chi connectivity index (χ1n) is 10.6. The molecule has 0 aliphatic heterocycles. The van der Waals surface area contributed by atoms with E-state index in [2.05, 4.69) is 20.0 Å². The summed E-state index contributed by atoms with van der Waals surface area (Å²) in [6.07, 6.45) is 4.01. The Labute approximate surface area is 188 Å². The van der Waals surface area contributed by atoms with Crippen LogP contribution in [0.2, 0.25) is 0 Å². The van der Waals surface area contributed by atoms with E-state index >= 15 is 0 Å². The molecule has 0 saturated heterocycles. The molecule has 8 nitrogen and oxygen atoms in total. The molecular formula is C24H20FN5O3. The van der Waals surface area contributed by atoms with Gasteiger partial charge < -0.3 is 13.9 Å². The molecule has 9 heteroatoms. The van der Waals surface area contributed by atoms with Crippen LogP contribution in [0.1, 0.15) is 31.4 Å². The second-order valence-electron chi connectivity index (χ2n) is 7.93. The Morgan fingerprint density at radius 3 is 2.82 bits per heavy atom. The van der Waals surface area contributed by atoms with Crippen molar-refractivity contribution in [2.75, 3.05) is 6.61 Å². The minimum Gasteiger partial charge on any atom is -0.493 e. The van der Waals surface area contributed by atoms with E-state index in [0.717, 1.165) is 12.4 Å². The topological polar surface area (TPSA) is 106 Å². The second kappa shape index (κ2) is 8.80. The maximum absolute atomic E-state index is 14.9. The summed E-state index contributed by atoms with van der Waals surface area (Å²) in [5.74, 6) is 2.08. The molecule has 1 atom stereocenters. The Morgan fingerprint density at radius 2 is 2.06 bits per heavy atom. The van der Waals surface area contributed by atoms with Crippen molar-refractivity contribution in [3.63, 3.8) is 0 Å². The van der Waals surface area contributed by atoms with Crippen molar-refractivity contribution in [1.82, 2.24) is 9.97 Å². The van der Waals surface area contributed by atoms with E-state index in [4.69, 9.17) is 19.4 Å². The molecule has 1 fully saturated rings. The van der Waals surface area contributed by atoms with Gasteiger partial charge in [0.2, 0.25) is 11.8 Å². The molecule has 0 amide bonds. The zero-order valence-electron chi connectivity index (χ0n) is 17.8. The fourth-order valence-electron chi connectivity index (χ4n) is 3.37. The van der Waals surface area contributed by atoms with Gasteiger partial charge in [-0.15, -0.1) is 0 Å². The zero-order chi connectivity index (χ0) is 22.8. The third-order valence-electron chi connectivity index (χ3n) is 5.40. The van der Waals surface area contributed by atoms with Crippen LogP contribution in [0.3, 0.4) is 0 Å². The SMILES string of the molecule is CC(N=[N+]=[N-])c1ccc2nc(-c3ccc(Oc4cccc(OCC5CC5)c4)nc3)oc2c1F. The first-order chi connectivity index (χ1) is 16.1. The zero-order valence-corrected chi connectivity index (χ0v) is 17.8. The molecule has 5 rings (SSSR count). The highest BCUT2D eigenvalue weighted by atomic mass is 19.1. The van der Waals surface area contributed by atoms with E-state index in [1.807, 2.05) is 24.3 Å². The van der Waals surface area contributed by atoms with E-state index in [0.29, 0.717) is 28.6 Å². The summed E-state index contributed by atoms with van der Waals surface area (Å²) >= 11 is 0. The monoisotopic (exact) mass is 445 g/mol. The summed E-state index contributed by atoms with van der Waals surface area (Å²) in [7, 11) is 0. The van der Waals surface area contributed by atoms with Gasteiger partial charge in [-0.2, -0.15) is 0 Å². The lowest BCUT2D eigenvalue weighted by Crippen LogP contribution is -1.98. The number of ether oxygens (including phenoxy) is 2. The summed E-state index contributed by atoms with van der Waals surface area (Å²) in [4.78, 5) is 11.4. The average molecular weight is 445 g/mol. The molecule has 1 unspecified atom stereocenters. The molecule has 0 radical (unpaired) electrons. The van der Waals surface area contributed by atoms with Crippen LogP contribution in [0.25, 0.3) is 33.0 Å². The van der Waals surface area contributed by atoms with Crippen molar-refractivity contribution in [3.05, 3.63) is 76.6 Å². The van der Waals surface area contributed by atoms with E-state index in [9.17, 15) is 4.39 Å². The molecule has 0 spiro atoms. The largest absolute Gasteiger partial charge is 0.493 e.